The lowest BCUT2D eigenvalue weighted by atomic mass is 9.92. The van der Waals surface area contributed by atoms with Gasteiger partial charge >= 0.3 is 0 Å². The molecule has 0 spiro atoms. The highest BCUT2D eigenvalue weighted by atomic mass is 16.3. The van der Waals surface area contributed by atoms with Gasteiger partial charge in [0, 0.05) is 6.54 Å². The Bertz CT molecular complexity index is 86.9. The van der Waals surface area contributed by atoms with Gasteiger partial charge in [-0.1, -0.05) is 6.92 Å². The van der Waals surface area contributed by atoms with Gasteiger partial charge < -0.3 is 10.4 Å². The molecule has 9 heavy (non-hydrogen) atoms. The number of piperidine rings is 1. The topological polar surface area (TPSA) is 32.3 Å². The normalized spacial score (nSPS) is 36.7. The Morgan fingerprint density at radius 3 is 2.78 bits per heavy atom. The molecule has 2 heteroatoms. The van der Waals surface area contributed by atoms with Crippen LogP contribution in [-0.2, 0) is 0 Å². The lowest BCUT2D eigenvalue weighted by Crippen LogP contribution is -2.44. The molecule has 1 aliphatic rings. The lowest BCUT2D eigenvalue weighted by molar-refractivity contribution is 0.0131. The SMILES string of the molecule is CC[C@]1(O)CCCNC1. The zero-order chi connectivity index (χ0) is 6.74. The summed E-state index contributed by atoms with van der Waals surface area (Å²) < 4.78 is 0. The first-order chi connectivity index (χ1) is 4.27. The summed E-state index contributed by atoms with van der Waals surface area (Å²) in [4.78, 5) is 0. The Morgan fingerprint density at radius 2 is 2.44 bits per heavy atom. The van der Waals surface area contributed by atoms with E-state index in [1.807, 2.05) is 6.92 Å². The minimum atomic E-state index is -0.391. The van der Waals surface area contributed by atoms with E-state index < -0.39 is 5.60 Å². The van der Waals surface area contributed by atoms with Gasteiger partial charge in [0.05, 0.1) is 5.60 Å². The summed E-state index contributed by atoms with van der Waals surface area (Å²) in [5.74, 6) is 0. The zero-order valence-corrected chi connectivity index (χ0v) is 5.98. The van der Waals surface area contributed by atoms with Gasteiger partial charge in [-0.05, 0) is 25.8 Å². The van der Waals surface area contributed by atoms with E-state index in [1.165, 1.54) is 0 Å². The number of rotatable bonds is 1. The van der Waals surface area contributed by atoms with Crippen LogP contribution >= 0.6 is 0 Å². The number of hydrogen-bond acceptors (Lipinski definition) is 2. The fraction of sp³-hybridized carbons (Fsp3) is 1.00. The van der Waals surface area contributed by atoms with Crippen LogP contribution in [0.3, 0.4) is 0 Å². The van der Waals surface area contributed by atoms with E-state index in [-0.39, 0.29) is 0 Å². The third-order valence-corrected chi connectivity index (χ3v) is 2.11. The summed E-state index contributed by atoms with van der Waals surface area (Å²) in [7, 11) is 0. The third-order valence-electron chi connectivity index (χ3n) is 2.11. The van der Waals surface area contributed by atoms with Crippen molar-refractivity contribution >= 4 is 0 Å². The summed E-state index contributed by atoms with van der Waals surface area (Å²) in [5, 5.41) is 12.8. The molecule has 0 aliphatic carbocycles. The average molecular weight is 129 g/mol. The molecular weight excluding hydrogens is 114 g/mol. The van der Waals surface area contributed by atoms with Gasteiger partial charge in [0.1, 0.15) is 0 Å². The first kappa shape index (κ1) is 7.03. The largest absolute Gasteiger partial charge is 0.389 e. The third kappa shape index (κ3) is 1.66. The van der Waals surface area contributed by atoms with Crippen LogP contribution in [0.25, 0.3) is 0 Å². The van der Waals surface area contributed by atoms with Crippen LogP contribution in [0, 0.1) is 0 Å². The molecule has 1 aliphatic heterocycles. The fourth-order valence-electron chi connectivity index (χ4n) is 1.25. The van der Waals surface area contributed by atoms with E-state index in [0.717, 1.165) is 32.4 Å². The summed E-state index contributed by atoms with van der Waals surface area (Å²) in [5.41, 5.74) is -0.391. The molecule has 1 rings (SSSR count). The predicted molar refractivity (Wildman–Crippen MR) is 37.3 cm³/mol. The van der Waals surface area contributed by atoms with E-state index in [9.17, 15) is 5.11 Å². The molecule has 0 saturated carbocycles. The highest BCUT2D eigenvalue weighted by Crippen LogP contribution is 2.18. The first-order valence-electron chi connectivity index (χ1n) is 3.70. The van der Waals surface area contributed by atoms with Crippen LogP contribution in [-0.4, -0.2) is 23.8 Å². The maximum Gasteiger partial charge on any atom is 0.0769 e. The van der Waals surface area contributed by atoms with Gasteiger partial charge in [-0.2, -0.15) is 0 Å². The second-order valence-electron chi connectivity index (χ2n) is 2.86. The van der Waals surface area contributed by atoms with Crippen molar-refractivity contribution in [2.24, 2.45) is 0 Å². The van der Waals surface area contributed by atoms with Gasteiger partial charge in [-0.25, -0.2) is 0 Å². The molecule has 0 aromatic heterocycles. The molecule has 0 amide bonds. The Hall–Kier alpha value is -0.0800. The average Bonchev–Trinajstić information content (AvgIpc) is 1.90. The molecule has 1 fully saturated rings. The summed E-state index contributed by atoms with van der Waals surface area (Å²) >= 11 is 0. The first-order valence-corrected chi connectivity index (χ1v) is 3.70. The van der Waals surface area contributed by atoms with E-state index in [4.69, 9.17) is 0 Å². The van der Waals surface area contributed by atoms with Crippen molar-refractivity contribution in [3.05, 3.63) is 0 Å². The highest BCUT2D eigenvalue weighted by molar-refractivity contribution is 4.83. The highest BCUT2D eigenvalue weighted by Gasteiger charge is 2.26. The Balaban J connectivity index is 2.37. The van der Waals surface area contributed by atoms with E-state index in [0.29, 0.717) is 0 Å². The number of hydrogen-bond donors (Lipinski definition) is 2. The van der Waals surface area contributed by atoms with Crippen molar-refractivity contribution < 1.29 is 5.11 Å². The minimum absolute atomic E-state index is 0.391. The Labute approximate surface area is 56.3 Å². The molecular formula is C7H15NO. The monoisotopic (exact) mass is 129 g/mol. The summed E-state index contributed by atoms with van der Waals surface area (Å²) in [6, 6.07) is 0. The lowest BCUT2D eigenvalue weighted by Gasteiger charge is -2.31. The van der Waals surface area contributed by atoms with E-state index in [2.05, 4.69) is 5.32 Å². The maximum absolute atomic E-state index is 9.62. The number of β-amino-alcohol motifs (C(OH)–C–C–N with tert-alkyl or cyclic N) is 1. The maximum atomic E-state index is 9.62. The van der Waals surface area contributed by atoms with Crippen LogP contribution in [0.5, 0.6) is 0 Å². The van der Waals surface area contributed by atoms with Crippen LogP contribution < -0.4 is 5.32 Å². The van der Waals surface area contributed by atoms with Crippen molar-refractivity contribution in [3.8, 4) is 0 Å². The predicted octanol–water partition coefficient (Wildman–Crippen LogP) is 0.511. The summed E-state index contributed by atoms with van der Waals surface area (Å²) in [6.45, 7) is 3.89. The minimum Gasteiger partial charge on any atom is -0.389 e. The molecule has 0 aromatic carbocycles. The molecule has 54 valence electrons. The number of nitrogens with one attached hydrogen (secondary N) is 1. The van der Waals surface area contributed by atoms with Gasteiger partial charge in [-0.3, -0.25) is 0 Å². The van der Waals surface area contributed by atoms with Crippen molar-refractivity contribution in [2.75, 3.05) is 13.1 Å². The van der Waals surface area contributed by atoms with Gasteiger partial charge in [0.25, 0.3) is 0 Å². The molecule has 0 radical (unpaired) electrons. The van der Waals surface area contributed by atoms with Crippen LogP contribution in [0.15, 0.2) is 0 Å². The standard InChI is InChI=1S/C7H15NO/c1-2-7(9)4-3-5-8-6-7/h8-9H,2-6H2,1H3/t7-/m0/s1. The van der Waals surface area contributed by atoms with Gasteiger partial charge in [0.2, 0.25) is 0 Å². The van der Waals surface area contributed by atoms with E-state index in [1.54, 1.807) is 0 Å². The molecule has 0 aromatic rings. The Kier molecular flexibility index (Phi) is 2.09. The van der Waals surface area contributed by atoms with Gasteiger partial charge in [-0.15, -0.1) is 0 Å². The van der Waals surface area contributed by atoms with Crippen LogP contribution in [0.2, 0.25) is 0 Å². The van der Waals surface area contributed by atoms with Crippen LogP contribution in [0.1, 0.15) is 26.2 Å². The van der Waals surface area contributed by atoms with Crippen molar-refractivity contribution in [2.45, 2.75) is 31.8 Å². The second kappa shape index (κ2) is 2.67. The van der Waals surface area contributed by atoms with Gasteiger partial charge in [0.15, 0.2) is 0 Å². The molecule has 0 bridgehead atoms. The molecule has 2 N–H and O–H groups in total. The number of aliphatic hydroxyl groups is 1. The quantitative estimate of drug-likeness (QED) is 0.540. The molecule has 1 saturated heterocycles. The fourth-order valence-corrected chi connectivity index (χ4v) is 1.25. The van der Waals surface area contributed by atoms with E-state index >= 15 is 0 Å². The van der Waals surface area contributed by atoms with Crippen molar-refractivity contribution in [1.29, 1.82) is 0 Å². The molecule has 1 atom stereocenters. The smallest absolute Gasteiger partial charge is 0.0769 e. The zero-order valence-electron chi connectivity index (χ0n) is 5.98. The molecule has 1 heterocycles. The molecule has 2 nitrogen and oxygen atoms in total. The Morgan fingerprint density at radius 1 is 1.67 bits per heavy atom. The molecule has 0 unspecified atom stereocenters. The van der Waals surface area contributed by atoms with Crippen molar-refractivity contribution in [1.82, 2.24) is 5.32 Å². The second-order valence-corrected chi connectivity index (χ2v) is 2.86. The van der Waals surface area contributed by atoms with Crippen LogP contribution in [0.4, 0.5) is 0 Å². The summed E-state index contributed by atoms with van der Waals surface area (Å²) in [6.07, 6.45) is 2.96. The van der Waals surface area contributed by atoms with Crippen molar-refractivity contribution in [3.63, 3.8) is 0 Å².